The number of morpholine rings is 1. The van der Waals surface area contributed by atoms with Crippen LogP contribution in [0, 0.1) is 0 Å². The minimum atomic E-state index is -0.461. The zero-order valence-corrected chi connectivity index (χ0v) is 12.8. The molecule has 1 fully saturated rings. The van der Waals surface area contributed by atoms with Crippen molar-refractivity contribution in [2.75, 3.05) is 32.2 Å². The molecule has 1 aliphatic heterocycles. The molecule has 0 unspecified atom stereocenters. The van der Waals surface area contributed by atoms with Gasteiger partial charge in [-0.3, -0.25) is 0 Å². The van der Waals surface area contributed by atoms with Crippen LogP contribution in [0.1, 0.15) is 29.9 Å². The van der Waals surface area contributed by atoms with Gasteiger partial charge < -0.3 is 19.1 Å². The summed E-state index contributed by atoms with van der Waals surface area (Å²) in [6.07, 6.45) is 1.72. The normalized spacial score (nSPS) is 22.2. The van der Waals surface area contributed by atoms with Gasteiger partial charge in [-0.2, -0.15) is 0 Å². The molecule has 0 saturated carbocycles. The number of nitrogens with zero attached hydrogens (tertiary/aromatic N) is 3. The van der Waals surface area contributed by atoms with E-state index in [1.165, 1.54) is 13.3 Å². The van der Waals surface area contributed by atoms with Crippen LogP contribution in [0.5, 0.6) is 0 Å². The Bertz CT molecular complexity index is 499. The van der Waals surface area contributed by atoms with Crippen molar-refractivity contribution in [1.82, 2.24) is 9.97 Å². The first-order valence-electron chi connectivity index (χ1n) is 6.88. The highest BCUT2D eigenvalue weighted by Crippen LogP contribution is 2.18. The van der Waals surface area contributed by atoms with Crippen LogP contribution in [0.2, 0.25) is 0 Å². The Morgan fingerprint density at radius 2 is 2.05 bits per heavy atom. The number of rotatable bonds is 4. The first-order valence-corrected chi connectivity index (χ1v) is 6.88. The standard InChI is InChI=1S/C14H21N3O4/c1-9-6-17(7-10(2)21-9)14-15-5-11(13(18)20-4)12(16-14)8-19-3/h5,9-10H,6-8H2,1-4H3/t9-,10+. The Hall–Kier alpha value is -1.73. The van der Waals surface area contributed by atoms with E-state index in [9.17, 15) is 4.79 Å². The average Bonchev–Trinajstić information content (AvgIpc) is 2.45. The maximum atomic E-state index is 11.7. The zero-order valence-electron chi connectivity index (χ0n) is 12.8. The molecule has 7 heteroatoms. The fourth-order valence-electron chi connectivity index (χ4n) is 2.43. The summed E-state index contributed by atoms with van der Waals surface area (Å²) in [5.41, 5.74) is 0.860. The van der Waals surface area contributed by atoms with E-state index < -0.39 is 5.97 Å². The van der Waals surface area contributed by atoms with Gasteiger partial charge in [-0.05, 0) is 13.8 Å². The Kier molecular flexibility index (Phi) is 5.08. The molecule has 2 rings (SSSR count). The molecular formula is C14H21N3O4. The smallest absolute Gasteiger partial charge is 0.341 e. The SMILES string of the molecule is COCc1nc(N2C[C@@H](C)O[C@@H](C)C2)ncc1C(=O)OC. The molecule has 1 aromatic rings. The Morgan fingerprint density at radius 1 is 1.38 bits per heavy atom. The van der Waals surface area contributed by atoms with Crippen LogP contribution < -0.4 is 4.90 Å². The molecule has 0 bridgehead atoms. The summed E-state index contributed by atoms with van der Waals surface area (Å²) in [5, 5.41) is 0. The van der Waals surface area contributed by atoms with Crippen LogP contribution in [-0.4, -0.2) is 55.5 Å². The average molecular weight is 295 g/mol. The molecule has 0 spiro atoms. The monoisotopic (exact) mass is 295 g/mol. The molecule has 7 nitrogen and oxygen atoms in total. The number of carbonyl (C=O) groups excluding carboxylic acids is 1. The van der Waals surface area contributed by atoms with Gasteiger partial charge in [0, 0.05) is 26.4 Å². The summed E-state index contributed by atoms with van der Waals surface area (Å²) in [6.45, 7) is 5.70. The van der Waals surface area contributed by atoms with E-state index in [4.69, 9.17) is 14.2 Å². The molecular weight excluding hydrogens is 274 g/mol. The van der Waals surface area contributed by atoms with Crippen LogP contribution in [0.25, 0.3) is 0 Å². The van der Waals surface area contributed by atoms with Gasteiger partial charge in [-0.15, -0.1) is 0 Å². The minimum Gasteiger partial charge on any atom is -0.465 e. The molecule has 0 amide bonds. The number of ether oxygens (including phenoxy) is 3. The van der Waals surface area contributed by atoms with Crippen LogP contribution in [0.4, 0.5) is 5.95 Å². The summed E-state index contributed by atoms with van der Waals surface area (Å²) >= 11 is 0. The maximum Gasteiger partial charge on any atom is 0.341 e. The van der Waals surface area contributed by atoms with Gasteiger partial charge in [-0.1, -0.05) is 0 Å². The summed E-state index contributed by atoms with van der Waals surface area (Å²) in [5.74, 6) is 0.119. The van der Waals surface area contributed by atoms with E-state index in [-0.39, 0.29) is 18.8 Å². The van der Waals surface area contributed by atoms with Crippen LogP contribution in [-0.2, 0) is 20.8 Å². The molecule has 1 aliphatic rings. The third-order valence-electron chi connectivity index (χ3n) is 3.24. The number of hydrogen-bond acceptors (Lipinski definition) is 7. The van der Waals surface area contributed by atoms with Crippen molar-refractivity contribution in [2.45, 2.75) is 32.7 Å². The number of aromatic nitrogens is 2. The lowest BCUT2D eigenvalue weighted by Gasteiger charge is -2.35. The second-order valence-corrected chi connectivity index (χ2v) is 5.12. The van der Waals surface area contributed by atoms with Crippen LogP contribution in [0.15, 0.2) is 6.20 Å². The highest BCUT2D eigenvalue weighted by Gasteiger charge is 2.25. The van der Waals surface area contributed by atoms with Crippen molar-refractivity contribution in [1.29, 1.82) is 0 Å². The van der Waals surface area contributed by atoms with Gasteiger partial charge >= 0.3 is 5.97 Å². The first-order chi connectivity index (χ1) is 10.0. The van der Waals surface area contributed by atoms with E-state index in [1.807, 2.05) is 13.8 Å². The number of methoxy groups -OCH3 is 2. The van der Waals surface area contributed by atoms with Gasteiger partial charge in [0.1, 0.15) is 5.56 Å². The highest BCUT2D eigenvalue weighted by molar-refractivity contribution is 5.90. The van der Waals surface area contributed by atoms with Crippen molar-refractivity contribution in [3.05, 3.63) is 17.5 Å². The summed E-state index contributed by atoms with van der Waals surface area (Å²) in [6, 6.07) is 0. The van der Waals surface area contributed by atoms with Gasteiger partial charge in [0.2, 0.25) is 5.95 Å². The van der Waals surface area contributed by atoms with Crippen molar-refractivity contribution < 1.29 is 19.0 Å². The maximum absolute atomic E-state index is 11.7. The number of esters is 1. The van der Waals surface area contributed by atoms with Gasteiger partial charge in [-0.25, -0.2) is 14.8 Å². The molecule has 0 aliphatic carbocycles. The lowest BCUT2D eigenvalue weighted by molar-refractivity contribution is -0.00576. The highest BCUT2D eigenvalue weighted by atomic mass is 16.5. The molecule has 0 radical (unpaired) electrons. The third kappa shape index (κ3) is 3.68. The third-order valence-corrected chi connectivity index (χ3v) is 3.24. The molecule has 1 aromatic heterocycles. The molecule has 21 heavy (non-hydrogen) atoms. The second kappa shape index (κ2) is 6.82. The molecule has 0 aromatic carbocycles. The van der Waals surface area contributed by atoms with Crippen molar-refractivity contribution in [3.8, 4) is 0 Å². The quantitative estimate of drug-likeness (QED) is 0.768. The zero-order chi connectivity index (χ0) is 15.4. The van der Waals surface area contributed by atoms with Crippen molar-refractivity contribution >= 4 is 11.9 Å². The molecule has 116 valence electrons. The van der Waals surface area contributed by atoms with E-state index in [1.54, 1.807) is 7.11 Å². The Balaban J connectivity index is 2.28. The van der Waals surface area contributed by atoms with Gasteiger partial charge in [0.15, 0.2) is 0 Å². The fraction of sp³-hybridized carbons (Fsp3) is 0.643. The van der Waals surface area contributed by atoms with E-state index in [0.717, 1.165) is 0 Å². The Morgan fingerprint density at radius 3 is 2.62 bits per heavy atom. The van der Waals surface area contributed by atoms with E-state index in [2.05, 4.69) is 14.9 Å². The first kappa shape index (κ1) is 15.7. The topological polar surface area (TPSA) is 73.8 Å². The second-order valence-electron chi connectivity index (χ2n) is 5.12. The summed E-state index contributed by atoms with van der Waals surface area (Å²) in [7, 11) is 2.89. The lowest BCUT2D eigenvalue weighted by atomic mass is 10.2. The minimum absolute atomic E-state index is 0.114. The number of hydrogen-bond donors (Lipinski definition) is 0. The Labute approximate surface area is 124 Å². The molecule has 2 atom stereocenters. The predicted octanol–water partition coefficient (Wildman–Crippen LogP) is 1.02. The lowest BCUT2D eigenvalue weighted by Crippen LogP contribution is -2.46. The van der Waals surface area contributed by atoms with Crippen LogP contribution in [0.3, 0.4) is 0 Å². The van der Waals surface area contributed by atoms with Crippen molar-refractivity contribution in [2.24, 2.45) is 0 Å². The summed E-state index contributed by atoms with van der Waals surface area (Å²) < 4.78 is 15.5. The predicted molar refractivity (Wildman–Crippen MR) is 76.3 cm³/mol. The fourth-order valence-corrected chi connectivity index (χ4v) is 2.43. The van der Waals surface area contributed by atoms with E-state index >= 15 is 0 Å². The summed E-state index contributed by atoms with van der Waals surface area (Å²) in [4.78, 5) is 22.5. The largest absolute Gasteiger partial charge is 0.465 e. The van der Waals surface area contributed by atoms with Gasteiger partial charge in [0.25, 0.3) is 0 Å². The van der Waals surface area contributed by atoms with Crippen LogP contribution >= 0.6 is 0 Å². The molecule has 2 heterocycles. The van der Waals surface area contributed by atoms with Crippen molar-refractivity contribution in [3.63, 3.8) is 0 Å². The molecule has 1 saturated heterocycles. The van der Waals surface area contributed by atoms with E-state index in [0.29, 0.717) is 30.3 Å². The number of carbonyl (C=O) groups is 1. The van der Waals surface area contributed by atoms with Gasteiger partial charge in [0.05, 0.1) is 31.6 Å². The molecule has 0 N–H and O–H groups in total. The number of anilines is 1.